The molecule has 2 fully saturated rings. The molecule has 19 heavy (non-hydrogen) atoms. The van der Waals surface area contributed by atoms with Gasteiger partial charge in [-0.25, -0.2) is 0 Å². The van der Waals surface area contributed by atoms with Crippen molar-refractivity contribution in [1.82, 2.24) is 20.0 Å². The van der Waals surface area contributed by atoms with Crippen molar-refractivity contribution >= 4 is 23.2 Å². The number of fused-ring (bicyclic) bond motifs is 3. The summed E-state index contributed by atoms with van der Waals surface area (Å²) >= 11 is 13.2. The summed E-state index contributed by atoms with van der Waals surface area (Å²) in [6, 6.07) is 0.568. The summed E-state index contributed by atoms with van der Waals surface area (Å²) in [5.41, 5.74) is 0. The van der Waals surface area contributed by atoms with Crippen LogP contribution < -0.4 is 5.32 Å². The summed E-state index contributed by atoms with van der Waals surface area (Å²) in [6.45, 7) is 6.75. The Kier molecular flexibility index (Phi) is 5.76. The van der Waals surface area contributed by atoms with E-state index in [-0.39, 0.29) is 0 Å². The molecule has 2 aliphatic rings. The lowest BCUT2D eigenvalue weighted by Gasteiger charge is -2.38. The van der Waals surface area contributed by atoms with Gasteiger partial charge in [0.25, 0.3) is 0 Å². The number of nitrogens with one attached hydrogen (secondary N) is 1. The van der Waals surface area contributed by atoms with Crippen molar-refractivity contribution in [3.8, 4) is 0 Å². The Morgan fingerprint density at radius 3 is 2.47 bits per heavy atom. The van der Waals surface area contributed by atoms with Crippen molar-refractivity contribution in [3.05, 3.63) is 0 Å². The van der Waals surface area contributed by atoms with Gasteiger partial charge in [0, 0.05) is 45.3 Å². The van der Waals surface area contributed by atoms with Gasteiger partial charge in [-0.05, 0) is 33.5 Å². The predicted octanol–water partition coefficient (Wildman–Crippen LogP) is 1.05. The second-order valence-electron chi connectivity index (χ2n) is 5.92. The van der Waals surface area contributed by atoms with Crippen LogP contribution in [-0.4, -0.2) is 85.1 Å². The van der Waals surface area contributed by atoms with Crippen LogP contribution in [0.5, 0.6) is 0 Å². The number of rotatable bonds is 0. The molecule has 0 aromatic rings. The molecule has 2 rings (SSSR count). The molecule has 2 saturated heterocycles. The van der Waals surface area contributed by atoms with E-state index in [0.717, 1.165) is 45.7 Å². The van der Waals surface area contributed by atoms with Gasteiger partial charge in [-0.2, -0.15) is 0 Å². The van der Waals surface area contributed by atoms with E-state index in [1.165, 1.54) is 6.42 Å². The summed E-state index contributed by atoms with van der Waals surface area (Å²) in [5.74, 6) is 0. The minimum atomic E-state index is -0.776. The summed E-state index contributed by atoms with van der Waals surface area (Å²) in [5, 5.41) is 3.67. The first-order valence-corrected chi connectivity index (χ1v) is 7.96. The van der Waals surface area contributed by atoms with E-state index in [1.54, 1.807) is 0 Å². The number of nitrogens with zero attached hydrogens (tertiary/aromatic N) is 3. The molecule has 0 aliphatic carbocycles. The van der Waals surface area contributed by atoms with Crippen LogP contribution in [0.15, 0.2) is 0 Å². The summed E-state index contributed by atoms with van der Waals surface area (Å²) in [4.78, 5) is 6.82. The molecule has 0 spiro atoms. The number of likely N-dealkylation sites (N-methyl/N-ethyl adjacent to an activating group) is 2. The van der Waals surface area contributed by atoms with E-state index >= 15 is 0 Å². The zero-order chi connectivity index (χ0) is 13.9. The fourth-order valence-corrected chi connectivity index (χ4v) is 3.59. The van der Waals surface area contributed by atoms with Crippen LogP contribution >= 0.6 is 23.2 Å². The molecule has 2 aliphatic heterocycles. The zero-order valence-corrected chi connectivity index (χ0v) is 13.6. The maximum Gasteiger partial charge on any atom is 0.184 e. The van der Waals surface area contributed by atoms with Crippen molar-refractivity contribution in [3.63, 3.8) is 0 Å². The number of hydrogen-bond donors (Lipinski definition) is 1. The molecule has 0 amide bonds. The zero-order valence-electron chi connectivity index (χ0n) is 12.0. The van der Waals surface area contributed by atoms with Crippen molar-refractivity contribution in [2.45, 2.75) is 23.3 Å². The Morgan fingerprint density at radius 1 is 0.947 bits per heavy atom. The van der Waals surface area contributed by atoms with Gasteiger partial charge in [0.1, 0.15) is 0 Å². The van der Waals surface area contributed by atoms with Gasteiger partial charge in [0.15, 0.2) is 4.46 Å². The van der Waals surface area contributed by atoms with Crippen LogP contribution in [-0.2, 0) is 0 Å². The smallest absolute Gasteiger partial charge is 0.184 e. The maximum atomic E-state index is 6.60. The quantitative estimate of drug-likeness (QED) is 0.533. The molecular weight excluding hydrogens is 283 g/mol. The minimum Gasteiger partial charge on any atom is -0.313 e. The third-order valence-corrected chi connectivity index (χ3v) is 4.92. The summed E-state index contributed by atoms with van der Waals surface area (Å²) in [7, 11) is 4.26. The molecule has 0 aromatic heterocycles. The van der Waals surface area contributed by atoms with E-state index < -0.39 is 4.46 Å². The van der Waals surface area contributed by atoms with Crippen LogP contribution in [0.3, 0.4) is 0 Å². The van der Waals surface area contributed by atoms with Crippen LogP contribution in [0, 0.1) is 0 Å². The molecule has 1 N–H and O–H groups in total. The van der Waals surface area contributed by atoms with E-state index in [2.05, 4.69) is 34.1 Å². The minimum absolute atomic E-state index is 0.568. The summed E-state index contributed by atoms with van der Waals surface area (Å²) in [6.07, 6.45) is 2.32. The third kappa shape index (κ3) is 4.73. The normalized spacial score (nSPS) is 35.4. The van der Waals surface area contributed by atoms with E-state index in [4.69, 9.17) is 23.2 Å². The first-order valence-electron chi connectivity index (χ1n) is 7.21. The van der Waals surface area contributed by atoms with Gasteiger partial charge in [-0.3, -0.25) is 4.90 Å². The molecule has 2 atom stereocenters. The SMILES string of the molecule is CN1CCC2CCN(CC1)C(Cl)(Cl)CN(C)CCN2. The standard InChI is InChI=1S/C13H26Cl2N4/c1-17-6-3-12-4-7-19(10-9-17)13(14,15)11-18(2)8-5-16-12/h12,16H,3-11H2,1-2H3. The molecule has 2 heterocycles. The molecule has 112 valence electrons. The van der Waals surface area contributed by atoms with Crippen LogP contribution in [0.1, 0.15) is 12.8 Å². The average Bonchev–Trinajstić information content (AvgIpc) is 2.41. The Bertz CT molecular complexity index is 288. The Hall–Kier alpha value is 0.420. The molecule has 6 heteroatoms. The van der Waals surface area contributed by atoms with Crippen LogP contribution in [0.4, 0.5) is 0 Å². The first-order chi connectivity index (χ1) is 8.97. The highest BCUT2D eigenvalue weighted by atomic mass is 35.5. The highest BCUT2D eigenvalue weighted by molar-refractivity contribution is 6.48. The van der Waals surface area contributed by atoms with Gasteiger partial charge in [0.05, 0.1) is 0 Å². The maximum absolute atomic E-state index is 6.60. The average molecular weight is 309 g/mol. The largest absolute Gasteiger partial charge is 0.313 e. The lowest BCUT2D eigenvalue weighted by Crippen LogP contribution is -2.52. The number of alkyl halides is 2. The van der Waals surface area contributed by atoms with Crippen molar-refractivity contribution < 1.29 is 0 Å². The molecule has 0 saturated carbocycles. The van der Waals surface area contributed by atoms with E-state index in [1.807, 2.05) is 0 Å². The van der Waals surface area contributed by atoms with Gasteiger partial charge >= 0.3 is 0 Å². The van der Waals surface area contributed by atoms with E-state index in [9.17, 15) is 0 Å². The number of hydrogen-bond acceptors (Lipinski definition) is 4. The molecule has 2 unspecified atom stereocenters. The van der Waals surface area contributed by atoms with Crippen molar-refractivity contribution in [2.24, 2.45) is 0 Å². The predicted molar refractivity (Wildman–Crippen MR) is 82.0 cm³/mol. The highest BCUT2D eigenvalue weighted by Crippen LogP contribution is 2.28. The number of halogens is 2. The lowest BCUT2D eigenvalue weighted by atomic mass is 10.1. The van der Waals surface area contributed by atoms with Crippen molar-refractivity contribution in [1.29, 1.82) is 0 Å². The van der Waals surface area contributed by atoms with Gasteiger partial charge in [-0.15, -0.1) is 0 Å². The molecular formula is C13H26Cl2N4. The highest BCUT2D eigenvalue weighted by Gasteiger charge is 2.34. The Labute approximate surface area is 127 Å². The molecule has 4 nitrogen and oxygen atoms in total. The molecule has 2 bridgehead atoms. The topological polar surface area (TPSA) is 21.8 Å². The second-order valence-corrected chi connectivity index (χ2v) is 7.37. The van der Waals surface area contributed by atoms with Gasteiger partial charge < -0.3 is 15.1 Å². The Morgan fingerprint density at radius 2 is 1.68 bits per heavy atom. The van der Waals surface area contributed by atoms with Gasteiger partial charge in [-0.1, -0.05) is 23.2 Å². The third-order valence-electron chi connectivity index (χ3n) is 4.21. The fraction of sp³-hybridized carbons (Fsp3) is 1.00. The van der Waals surface area contributed by atoms with Crippen molar-refractivity contribution in [2.75, 3.05) is 59.9 Å². The van der Waals surface area contributed by atoms with Crippen LogP contribution in [0.25, 0.3) is 0 Å². The molecule has 0 radical (unpaired) electrons. The first kappa shape index (κ1) is 15.8. The van der Waals surface area contributed by atoms with Gasteiger partial charge in [0.2, 0.25) is 0 Å². The van der Waals surface area contributed by atoms with E-state index in [0.29, 0.717) is 12.6 Å². The molecule has 0 aromatic carbocycles. The summed E-state index contributed by atoms with van der Waals surface area (Å²) < 4.78 is -0.776. The fourth-order valence-electron chi connectivity index (χ4n) is 2.84. The van der Waals surface area contributed by atoms with Crippen LogP contribution in [0.2, 0.25) is 0 Å². The second kappa shape index (κ2) is 6.92. The Balaban J connectivity index is 2.13. The lowest BCUT2D eigenvalue weighted by molar-refractivity contribution is 0.154. The monoisotopic (exact) mass is 308 g/mol.